The fourth-order valence-electron chi connectivity index (χ4n) is 0.440. The molecule has 0 fully saturated rings. The Bertz CT molecular complexity index is 139. The Kier molecular flexibility index (Phi) is 3.45. The molecule has 0 bridgehead atoms. The number of rotatable bonds is 2. The number of aliphatic hydroxyl groups excluding tert-OH is 1. The molecule has 1 atom stereocenters. The molecule has 0 heterocycles. The van der Waals surface area contributed by atoms with Crippen molar-refractivity contribution in [2.24, 2.45) is 0 Å². The maximum atomic E-state index is 12.3. The van der Waals surface area contributed by atoms with Crippen LogP contribution in [0.2, 0.25) is 0 Å². The molecule has 4 heteroatoms. The lowest BCUT2D eigenvalue weighted by atomic mass is 10.2. The normalized spacial score (nSPS) is 14.3. The van der Waals surface area contributed by atoms with Gasteiger partial charge in [-0.1, -0.05) is 0 Å². The van der Waals surface area contributed by atoms with E-state index in [1.54, 1.807) is 20.8 Å². The van der Waals surface area contributed by atoms with Crippen molar-refractivity contribution in [2.75, 3.05) is 6.61 Å². The van der Waals surface area contributed by atoms with Crippen LogP contribution in [0, 0.1) is 0 Å². The van der Waals surface area contributed by atoms with Crippen LogP contribution in [-0.2, 0) is 9.53 Å². The molecular formula is C7H13FO3. The quantitative estimate of drug-likeness (QED) is 0.610. The van der Waals surface area contributed by atoms with E-state index in [0.717, 1.165) is 0 Å². The third kappa shape index (κ3) is 4.72. The molecule has 66 valence electrons. The van der Waals surface area contributed by atoms with E-state index in [1.807, 2.05) is 0 Å². The summed E-state index contributed by atoms with van der Waals surface area (Å²) in [6.07, 6.45) is -1.92. The first-order valence-electron chi connectivity index (χ1n) is 3.34. The van der Waals surface area contributed by atoms with Crippen molar-refractivity contribution in [1.29, 1.82) is 0 Å². The standard InChI is InChI=1S/C7H13FO3/c1-7(2,3)11-6(10)5(8)4-9/h5,9H,4H2,1-3H3. The summed E-state index contributed by atoms with van der Waals surface area (Å²) in [5.41, 5.74) is -0.698. The summed E-state index contributed by atoms with van der Waals surface area (Å²) in [6.45, 7) is 4.08. The molecule has 0 aliphatic rings. The van der Waals surface area contributed by atoms with Crippen molar-refractivity contribution in [1.82, 2.24) is 0 Å². The molecule has 1 unspecified atom stereocenters. The number of alkyl halides is 1. The van der Waals surface area contributed by atoms with Crippen LogP contribution in [0.15, 0.2) is 0 Å². The second kappa shape index (κ2) is 3.67. The van der Waals surface area contributed by atoms with E-state index in [2.05, 4.69) is 4.74 Å². The lowest BCUT2D eigenvalue weighted by molar-refractivity contribution is -0.162. The SMILES string of the molecule is CC(C)(C)OC(=O)C(F)CO. The number of halogens is 1. The minimum absolute atomic E-state index is 0.698. The molecule has 0 saturated heterocycles. The van der Waals surface area contributed by atoms with Crippen molar-refractivity contribution in [3.8, 4) is 0 Å². The highest BCUT2D eigenvalue weighted by Crippen LogP contribution is 2.09. The van der Waals surface area contributed by atoms with Gasteiger partial charge in [0.1, 0.15) is 5.60 Å². The summed E-state index contributed by atoms with van der Waals surface area (Å²) in [5.74, 6) is -1.01. The average molecular weight is 164 g/mol. The van der Waals surface area contributed by atoms with Gasteiger partial charge in [0.2, 0.25) is 6.17 Å². The summed E-state index contributed by atoms with van der Waals surface area (Å²) >= 11 is 0. The predicted molar refractivity (Wildman–Crippen MR) is 37.8 cm³/mol. The molecule has 0 aliphatic carbocycles. The monoisotopic (exact) mass is 164 g/mol. The summed E-state index contributed by atoms with van der Waals surface area (Å²) in [7, 11) is 0. The molecule has 0 radical (unpaired) electrons. The number of carbonyl (C=O) groups excluding carboxylic acids is 1. The van der Waals surface area contributed by atoms with Crippen LogP contribution in [0.3, 0.4) is 0 Å². The van der Waals surface area contributed by atoms with Crippen LogP contribution in [0.1, 0.15) is 20.8 Å². The Morgan fingerprint density at radius 1 is 1.64 bits per heavy atom. The molecule has 11 heavy (non-hydrogen) atoms. The third-order valence-corrected chi connectivity index (χ3v) is 0.823. The number of esters is 1. The van der Waals surface area contributed by atoms with Crippen LogP contribution in [0.4, 0.5) is 4.39 Å². The van der Waals surface area contributed by atoms with E-state index < -0.39 is 24.3 Å². The van der Waals surface area contributed by atoms with Gasteiger partial charge in [-0.3, -0.25) is 0 Å². The second-order valence-electron chi connectivity index (χ2n) is 3.18. The van der Waals surface area contributed by atoms with Gasteiger partial charge in [0.25, 0.3) is 0 Å². The fraction of sp³-hybridized carbons (Fsp3) is 0.857. The predicted octanol–water partition coefficient (Wildman–Crippen LogP) is 0.659. The highest BCUT2D eigenvalue weighted by molar-refractivity contribution is 5.75. The summed E-state index contributed by atoms with van der Waals surface area (Å²) in [6, 6.07) is 0. The Balaban J connectivity index is 3.88. The van der Waals surface area contributed by atoms with E-state index in [1.165, 1.54) is 0 Å². The lowest BCUT2D eigenvalue weighted by Gasteiger charge is -2.20. The zero-order valence-electron chi connectivity index (χ0n) is 6.93. The maximum Gasteiger partial charge on any atom is 0.343 e. The van der Waals surface area contributed by atoms with Gasteiger partial charge in [0, 0.05) is 0 Å². The number of hydrogen-bond acceptors (Lipinski definition) is 3. The number of hydrogen-bond donors (Lipinski definition) is 1. The van der Waals surface area contributed by atoms with Gasteiger partial charge in [-0.05, 0) is 20.8 Å². The molecule has 0 saturated carbocycles. The van der Waals surface area contributed by atoms with Crippen LogP contribution in [0.5, 0.6) is 0 Å². The van der Waals surface area contributed by atoms with E-state index in [0.29, 0.717) is 0 Å². The van der Waals surface area contributed by atoms with Gasteiger partial charge in [-0.15, -0.1) is 0 Å². The van der Waals surface area contributed by atoms with Crippen molar-refractivity contribution < 1.29 is 19.0 Å². The summed E-state index contributed by atoms with van der Waals surface area (Å²) in [4.78, 5) is 10.6. The smallest absolute Gasteiger partial charge is 0.343 e. The van der Waals surface area contributed by atoms with Gasteiger partial charge in [0.05, 0.1) is 6.61 Å². The molecule has 0 amide bonds. The summed E-state index contributed by atoms with van der Waals surface area (Å²) < 4.78 is 16.9. The second-order valence-corrected chi connectivity index (χ2v) is 3.18. The molecule has 0 aromatic carbocycles. The largest absolute Gasteiger partial charge is 0.458 e. The minimum atomic E-state index is -1.92. The average Bonchev–Trinajstić information content (AvgIpc) is 1.82. The first kappa shape index (κ1) is 10.4. The Labute approximate surface area is 65.2 Å². The lowest BCUT2D eigenvalue weighted by Crippen LogP contribution is -2.31. The third-order valence-electron chi connectivity index (χ3n) is 0.823. The van der Waals surface area contributed by atoms with Crippen LogP contribution in [0.25, 0.3) is 0 Å². The highest BCUT2D eigenvalue weighted by Gasteiger charge is 2.23. The van der Waals surface area contributed by atoms with Crippen molar-refractivity contribution in [3.05, 3.63) is 0 Å². The number of aliphatic hydroxyl groups is 1. The zero-order chi connectivity index (χ0) is 9.07. The van der Waals surface area contributed by atoms with E-state index in [9.17, 15) is 9.18 Å². The molecule has 0 spiro atoms. The van der Waals surface area contributed by atoms with Crippen LogP contribution in [-0.4, -0.2) is 29.5 Å². The van der Waals surface area contributed by atoms with Gasteiger partial charge < -0.3 is 9.84 Å². The van der Waals surface area contributed by atoms with Crippen molar-refractivity contribution in [3.63, 3.8) is 0 Å². The molecule has 3 nitrogen and oxygen atoms in total. The molecule has 0 aromatic rings. The summed E-state index contributed by atoms with van der Waals surface area (Å²) in [5, 5.41) is 8.23. The maximum absolute atomic E-state index is 12.3. The van der Waals surface area contributed by atoms with Crippen molar-refractivity contribution in [2.45, 2.75) is 32.5 Å². The van der Waals surface area contributed by atoms with Gasteiger partial charge in [-0.2, -0.15) is 0 Å². The molecule has 0 rings (SSSR count). The highest BCUT2D eigenvalue weighted by atomic mass is 19.1. The zero-order valence-corrected chi connectivity index (χ0v) is 6.93. The molecule has 0 aliphatic heterocycles. The first-order chi connectivity index (χ1) is 4.87. The van der Waals surface area contributed by atoms with E-state index in [4.69, 9.17) is 5.11 Å². The fourth-order valence-corrected chi connectivity index (χ4v) is 0.440. The molecule has 1 N–H and O–H groups in total. The van der Waals surface area contributed by atoms with Gasteiger partial charge in [0.15, 0.2) is 0 Å². The Morgan fingerprint density at radius 2 is 2.09 bits per heavy atom. The topological polar surface area (TPSA) is 46.5 Å². The molecular weight excluding hydrogens is 151 g/mol. The Morgan fingerprint density at radius 3 is 2.36 bits per heavy atom. The van der Waals surface area contributed by atoms with Crippen LogP contribution < -0.4 is 0 Å². The van der Waals surface area contributed by atoms with E-state index >= 15 is 0 Å². The van der Waals surface area contributed by atoms with Crippen molar-refractivity contribution >= 4 is 5.97 Å². The van der Waals surface area contributed by atoms with Gasteiger partial charge >= 0.3 is 5.97 Å². The minimum Gasteiger partial charge on any atom is -0.458 e. The molecule has 0 aromatic heterocycles. The van der Waals surface area contributed by atoms with E-state index in [-0.39, 0.29) is 0 Å². The Hall–Kier alpha value is -0.640. The number of ether oxygens (including phenoxy) is 1. The van der Waals surface area contributed by atoms with Crippen LogP contribution >= 0.6 is 0 Å². The van der Waals surface area contributed by atoms with Gasteiger partial charge in [-0.25, -0.2) is 9.18 Å². The first-order valence-corrected chi connectivity index (χ1v) is 3.34. The number of carbonyl (C=O) groups is 1.